The maximum absolute atomic E-state index is 13.3. The van der Waals surface area contributed by atoms with Crippen molar-refractivity contribution < 1.29 is 35.2 Å². The summed E-state index contributed by atoms with van der Waals surface area (Å²) in [5.41, 5.74) is -1.07. The predicted octanol–water partition coefficient (Wildman–Crippen LogP) is 0.904. The normalized spacial score (nSPS) is 12.3. The number of sulfonamides is 1. The van der Waals surface area contributed by atoms with Gasteiger partial charge in [-0.2, -0.15) is 13.2 Å². The van der Waals surface area contributed by atoms with Crippen molar-refractivity contribution in [1.82, 2.24) is 5.32 Å². The number of hydrogen-bond donors (Lipinski definition) is 2. The minimum absolute atomic E-state index is 0.0439. The number of hydrogen-bond acceptors (Lipinski definition) is 3. The lowest BCUT2D eigenvalue weighted by Crippen LogP contribution is -2.34. The smallest absolute Gasteiger partial charge is 0.343 e. The lowest BCUT2D eigenvalue weighted by atomic mass is 10.2. The lowest BCUT2D eigenvalue weighted by molar-refractivity contribution is -0.123. The van der Waals surface area contributed by atoms with Crippen LogP contribution < -0.4 is 10.5 Å². The van der Waals surface area contributed by atoms with Gasteiger partial charge in [0.15, 0.2) is 0 Å². The molecule has 0 aliphatic carbocycles. The summed E-state index contributed by atoms with van der Waals surface area (Å²) in [4.78, 5) is 10.1. The number of alkyl halides is 3. The number of halogens is 5. The average Bonchev–Trinajstić information content (AvgIpc) is 2.23. The molecule has 0 saturated heterocycles. The molecule has 0 saturated carbocycles. The highest BCUT2D eigenvalue weighted by Crippen LogP contribution is 2.19. The van der Waals surface area contributed by atoms with Crippen molar-refractivity contribution in [3.8, 4) is 0 Å². The van der Waals surface area contributed by atoms with E-state index in [9.17, 15) is 35.2 Å². The molecule has 5 nitrogen and oxygen atoms in total. The third-order valence-corrected chi connectivity index (χ3v) is 2.95. The molecular weight excluding hydrogens is 311 g/mol. The van der Waals surface area contributed by atoms with E-state index >= 15 is 0 Å². The van der Waals surface area contributed by atoms with Crippen LogP contribution in [0, 0.1) is 11.6 Å². The van der Waals surface area contributed by atoms with Crippen LogP contribution in [0.2, 0.25) is 0 Å². The van der Waals surface area contributed by atoms with E-state index in [0.29, 0.717) is 0 Å². The number of benzene rings is 1. The van der Waals surface area contributed by atoms with Crippen LogP contribution in [0.5, 0.6) is 0 Å². The van der Waals surface area contributed by atoms with Gasteiger partial charge in [-0.15, -0.1) is 0 Å². The Bertz CT molecular complexity index is 642. The van der Waals surface area contributed by atoms with Crippen LogP contribution in [0.15, 0.2) is 17.0 Å². The molecule has 0 bridgehead atoms. The summed E-state index contributed by atoms with van der Waals surface area (Å²) in [5, 5.41) is 5.93. The van der Waals surface area contributed by atoms with E-state index in [1.54, 1.807) is 0 Å². The SMILES string of the molecule is NS(=O)(=O)c1cc(C(=O)NCC(F)(F)F)c(F)cc1F. The van der Waals surface area contributed by atoms with E-state index < -0.39 is 50.7 Å². The Morgan fingerprint density at radius 3 is 2.20 bits per heavy atom. The molecule has 20 heavy (non-hydrogen) atoms. The molecule has 0 aliphatic rings. The van der Waals surface area contributed by atoms with Gasteiger partial charge in [0.2, 0.25) is 10.0 Å². The first-order valence-corrected chi connectivity index (χ1v) is 6.33. The molecule has 1 aromatic rings. The largest absolute Gasteiger partial charge is 0.405 e. The van der Waals surface area contributed by atoms with E-state index in [0.717, 1.165) is 0 Å². The molecule has 0 spiro atoms. The highest BCUT2D eigenvalue weighted by Gasteiger charge is 2.29. The van der Waals surface area contributed by atoms with Crippen molar-refractivity contribution in [3.63, 3.8) is 0 Å². The first kappa shape index (κ1) is 16.3. The van der Waals surface area contributed by atoms with Crippen molar-refractivity contribution in [1.29, 1.82) is 0 Å². The number of amides is 1. The zero-order valence-electron chi connectivity index (χ0n) is 9.46. The van der Waals surface area contributed by atoms with Gasteiger partial charge in [-0.3, -0.25) is 4.79 Å². The number of carbonyl (C=O) groups is 1. The molecule has 1 rings (SSSR count). The maximum Gasteiger partial charge on any atom is 0.405 e. The Labute approximate surface area is 109 Å². The Balaban J connectivity index is 3.16. The van der Waals surface area contributed by atoms with Gasteiger partial charge in [0.05, 0.1) is 5.56 Å². The standard InChI is InChI=1S/C9H7F5N2O3S/c10-5-2-6(11)7(20(15,18)19)1-4(5)8(17)16-3-9(12,13)14/h1-2H,3H2,(H,16,17)(H2,15,18,19). The minimum atomic E-state index is -4.74. The second-order valence-corrected chi connectivity index (χ2v) is 5.14. The zero-order valence-corrected chi connectivity index (χ0v) is 10.3. The Kier molecular flexibility index (Phi) is 4.34. The molecule has 0 aromatic heterocycles. The number of carbonyl (C=O) groups excluding carboxylic acids is 1. The monoisotopic (exact) mass is 318 g/mol. The van der Waals surface area contributed by atoms with Crippen molar-refractivity contribution in [3.05, 3.63) is 29.3 Å². The summed E-state index contributed by atoms with van der Waals surface area (Å²) in [6.07, 6.45) is -4.74. The summed E-state index contributed by atoms with van der Waals surface area (Å²) in [6.45, 7) is -1.76. The topological polar surface area (TPSA) is 89.3 Å². The summed E-state index contributed by atoms with van der Waals surface area (Å²) in [5.74, 6) is -4.63. The molecule has 1 aromatic carbocycles. The van der Waals surface area contributed by atoms with Gasteiger partial charge in [-0.1, -0.05) is 0 Å². The van der Waals surface area contributed by atoms with Crippen LogP contribution in [0.3, 0.4) is 0 Å². The van der Waals surface area contributed by atoms with E-state index in [4.69, 9.17) is 0 Å². The van der Waals surface area contributed by atoms with Gasteiger partial charge in [0.1, 0.15) is 23.1 Å². The molecule has 0 heterocycles. The second-order valence-electron chi connectivity index (χ2n) is 3.61. The van der Waals surface area contributed by atoms with Gasteiger partial charge in [-0.25, -0.2) is 22.3 Å². The molecular formula is C9H7F5N2O3S. The van der Waals surface area contributed by atoms with Gasteiger partial charge in [0.25, 0.3) is 5.91 Å². The molecule has 0 fully saturated rings. The fraction of sp³-hybridized carbons (Fsp3) is 0.222. The summed E-state index contributed by atoms with van der Waals surface area (Å²) < 4.78 is 84.0. The number of primary sulfonamides is 1. The zero-order chi connectivity index (χ0) is 15.7. The molecule has 11 heteroatoms. The van der Waals surface area contributed by atoms with Gasteiger partial charge in [-0.05, 0) is 6.07 Å². The molecule has 1 amide bonds. The summed E-state index contributed by atoms with van der Waals surface area (Å²) >= 11 is 0. The van der Waals surface area contributed by atoms with Crippen LogP contribution in [-0.2, 0) is 10.0 Å². The van der Waals surface area contributed by atoms with Crippen LogP contribution in [0.1, 0.15) is 10.4 Å². The molecule has 0 aliphatic heterocycles. The highest BCUT2D eigenvalue weighted by molar-refractivity contribution is 7.89. The Morgan fingerprint density at radius 2 is 1.75 bits per heavy atom. The highest BCUT2D eigenvalue weighted by atomic mass is 32.2. The lowest BCUT2D eigenvalue weighted by Gasteiger charge is -2.10. The van der Waals surface area contributed by atoms with E-state index in [2.05, 4.69) is 5.14 Å². The molecule has 3 N–H and O–H groups in total. The Hall–Kier alpha value is -1.75. The fourth-order valence-corrected chi connectivity index (χ4v) is 1.81. The van der Waals surface area contributed by atoms with Crippen molar-refractivity contribution in [2.24, 2.45) is 5.14 Å². The quantitative estimate of drug-likeness (QED) is 0.812. The van der Waals surface area contributed by atoms with Crippen molar-refractivity contribution in [2.75, 3.05) is 6.54 Å². The van der Waals surface area contributed by atoms with E-state index in [-0.39, 0.29) is 12.1 Å². The molecule has 0 atom stereocenters. The summed E-state index contributed by atoms with van der Waals surface area (Å²) in [7, 11) is -4.59. The van der Waals surface area contributed by atoms with Gasteiger partial charge < -0.3 is 5.32 Å². The molecule has 0 radical (unpaired) electrons. The average molecular weight is 318 g/mol. The van der Waals surface area contributed by atoms with Crippen molar-refractivity contribution >= 4 is 15.9 Å². The van der Waals surface area contributed by atoms with Gasteiger partial charge in [0, 0.05) is 6.07 Å². The van der Waals surface area contributed by atoms with E-state index in [1.807, 2.05) is 0 Å². The van der Waals surface area contributed by atoms with Gasteiger partial charge >= 0.3 is 6.18 Å². The molecule has 112 valence electrons. The van der Waals surface area contributed by atoms with Crippen LogP contribution in [0.4, 0.5) is 22.0 Å². The number of rotatable bonds is 3. The van der Waals surface area contributed by atoms with Crippen LogP contribution in [0.25, 0.3) is 0 Å². The van der Waals surface area contributed by atoms with Crippen molar-refractivity contribution in [2.45, 2.75) is 11.1 Å². The maximum atomic E-state index is 13.3. The molecule has 0 unspecified atom stereocenters. The first-order chi connectivity index (χ1) is 8.92. The minimum Gasteiger partial charge on any atom is -0.343 e. The fourth-order valence-electron chi connectivity index (χ4n) is 1.20. The second kappa shape index (κ2) is 5.32. The first-order valence-electron chi connectivity index (χ1n) is 4.78. The van der Waals surface area contributed by atoms with Crippen LogP contribution >= 0.6 is 0 Å². The number of nitrogens with one attached hydrogen (secondary N) is 1. The third-order valence-electron chi connectivity index (χ3n) is 2.02. The summed E-state index contributed by atoms with van der Waals surface area (Å²) in [6, 6.07) is 0.272. The third kappa shape index (κ3) is 4.13. The van der Waals surface area contributed by atoms with E-state index in [1.165, 1.54) is 5.32 Å². The van der Waals surface area contributed by atoms with Crippen LogP contribution in [-0.4, -0.2) is 27.0 Å². The number of nitrogens with two attached hydrogens (primary N) is 1. The predicted molar refractivity (Wildman–Crippen MR) is 56.1 cm³/mol. The Morgan fingerprint density at radius 1 is 1.20 bits per heavy atom.